The van der Waals surface area contributed by atoms with E-state index in [9.17, 15) is 5.11 Å². The number of thiocarbonyl (C=S) groups is 1. The largest absolute Gasteiger partial charge is 0.508 e. The van der Waals surface area contributed by atoms with E-state index in [0.29, 0.717) is 10.6 Å². The zero-order valence-corrected chi connectivity index (χ0v) is 9.26. The third-order valence-electron chi connectivity index (χ3n) is 2.20. The van der Waals surface area contributed by atoms with Crippen LogP contribution in [0.1, 0.15) is 24.0 Å². The summed E-state index contributed by atoms with van der Waals surface area (Å²) in [6.45, 7) is -0.144. The molecule has 0 radical (unpaired) electrons. The predicted molar refractivity (Wildman–Crippen MR) is 63.8 cm³/mol. The molecule has 0 amide bonds. The Balaban J connectivity index is 2.58. The molecule has 0 aromatic heterocycles. The second kappa shape index (κ2) is 5.68. The maximum absolute atomic E-state index is 9.35. The second-order valence-corrected chi connectivity index (χ2v) is 3.97. The van der Waals surface area contributed by atoms with Crippen LogP contribution in [0.25, 0.3) is 0 Å². The average Bonchev–Trinajstić information content (AvgIpc) is 2.20. The molecule has 0 aliphatic carbocycles. The number of rotatable bonds is 5. The van der Waals surface area contributed by atoms with Gasteiger partial charge in [-0.15, -0.1) is 0 Å². The van der Waals surface area contributed by atoms with Gasteiger partial charge in [-0.1, -0.05) is 18.3 Å². The Morgan fingerprint density at radius 3 is 2.73 bits per heavy atom. The smallest absolute Gasteiger partial charge is 0.121 e. The average molecular weight is 225 g/mol. The summed E-state index contributed by atoms with van der Waals surface area (Å²) in [4.78, 5) is 0.524. The molecular formula is C11H15NO2S. The Morgan fingerprint density at radius 2 is 2.13 bits per heavy atom. The lowest BCUT2D eigenvalue weighted by Gasteiger charge is -2.05. The van der Waals surface area contributed by atoms with Gasteiger partial charge in [0.05, 0.1) is 11.6 Å². The number of aryl methyl sites for hydroxylation is 1. The molecule has 0 aliphatic rings. The van der Waals surface area contributed by atoms with Crippen molar-refractivity contribution < 1.29 is 10.2 Å². The molecule has 1 rings (SSSR count). The number of aliphatic hydroxyl groups is 1. The molecule has 0 saturated carbocycles. The quantitative estimate of drug-likeness (QED) is 0.664. The van der Waals surface area contributed by atoms with Crippen molar-refractivity contribution in [2.75, 3.05) is 0 Å². The molecule has 3 nitrogen and oxygen atoms in total. The Labute approximate surface area is 94.5 Å². The number of nitrogens with two attached hydrogens (primary N) is 1. The SMILES string of the molecule is NC(=S)CCCc1ccc(O)c(CO)c1. The Kier molecular flexibility index (Phi) is 4.52. The van der Waals surface area contributed by atoms with Crippen molar-refractivity contribution >= 4 is 17.2 Å². The van der Waals surface area contributed by atoms with Gasteiger partial charge in [0.15, 0.2) is 0 Å². The Bertz CT molecular complexity index is 352. The maximum Gasteiger partial charge on any atom is 0.121 e. The minimum atomic E-state index is -0.144. The molecule has 4 N–H and O–H groups in total. The van der Waals surface area contributed by atoms with Crippen molar-refractivity contribution in [3.05, 3.63) is 29.3 Å². The third-order valence-corrected chi connectivity index (χ3v) is 2.41. The van der Waals surface area contributed by atoms with Gasteiger partial charge in [0.2, 0.25) is 0 Å². The number of benzene rings is 1. The number of aromatic hydroxyl groups is 1. The molecule has 0 spiro atoms. The van der Waals surface area contributed by atoms with E-state index < -0.39 is 0 Å². The van der Waals surface area contributed by atoms with Crippen LogP contribution in [0.15, 0.2) is 18.2 Å². The summed E-state index contributed by atoms with van der Waals surface area (Å²) in [5.74, 6) is 0.135. The van der Waals surface area contributed by atoms with Crippen molar-refractivity contribution in [3.63, 3.8) is 0 Å². The van der Waals surface area contributed by atoms with Crippen LogP contribution in [-0.4, -0.2) is 15.2 Å². The summed E-state index contributed by atoms with van der Waals surface area (Å²) < 4.78 is 0. The van der Waals surface area contributed by atoms with Gasteiger partial charge in [0.1, 0.15) is 5.75 Å². The monoisotopic (exact) mass is 225 g/mol. The Hall–Kier alpha value is -1.13. The molecule has 1 aromatic rings. The first-order valence-electron chi connectivity index (χ1n) is 4.83. The summed E-state index contributed by atoms with van der Waals surface area (Å²) in [5, 5.41) is 18.3. The summed E-state index contributed by atoms with van der Waals surface area (Å²) in [6, 6.07) is 5.24. The lowest BCUT2D eigenvalue weighted by Crippen LogP contribution is -2.07. The second-order valence-electron chi connectivity index (χ2n) is 3.44. The van der Waals surface area contributed by atoms with Crippen molar-refractivity contribution in [2.24, 2.45) is 5.73 Å². The molecule has 0 saturated heterocycles. The number of hydrogen-bond donors (Lipinski definition) is 3. The highest BCUT2D eigenvalue weighted by molar-refractivity contribution is 7.80. The fourth-order valence-electron chi connectivity index (χ4n) is 1.39. The van der Waals surface area contributed by atoms with E-state index in [1.165, 1.54) is 0 Å². The first-order chi connectivity index (χ1) is 7.13. The third kappa shape index (κ3) is 3.85. The van der Waals surface area contributed by atoms with Crippen LogP contribution in [0.3, 0.4) is 0 Å². The molecule has 0 heterocycles. The molecule has 0 bridgehead atoms. The van der Waals surface area contributed by atoms with E-state index in [2.05, 4.69) is 0 Å². The van der Waals surface area contributed by atoms with Crippen molar-refractivity contribution in [2.45, 2.75) is 25.9 Å². The first kappa shape index (κ1) is 11.9. The van der Waals surface area contributed by atoms with Crippen LogP contribution >= 0.6 is 12.2 Å². The van der Waals surface area contributed by atoms with E-state index in [-0.39, 0.29) is 12.4 Å². The van der Waals surface area contributed by atoms with Crippen molar-refractivity contribution in [1.82, 2.24) is 0 Å². The van der Waals surface area contributed by atoms with Gasteiger partial charge < -0.3 is 15.9 Å². The minimum absolute atomic E-state index is 0.135. The summed E-state index contributed by atoms with van der Waals surface area (Å²) >= 11 is 4.78. The highest BCUT2D eigenvalue weighted by atomic mass is 32.1. The van der Waals surface area contributed by atoms with Gasteiger partial charge in [-0.25, -0.2) is 0 Å². The molecule has 0 unspecified atom stereocenters. The molecular weight excluding hydrogens is 210 g/mol. The van der Waals surface area contributed by atoms with Gasteiger partial charge in [0, 0.05) is 5.56 Å². The van der Waals surface area contributed by atoms with Crippen LogP contribution in [0, 0.1) is 0 Å². The fraction of sp³-hybridized carbons (Fsp3) is 0.364. The topological polar surface area (TPSA) is 66.5 Å². The van der Waals surface area contributed by atoms with Crippen LogP contribution in [-0.2, 0) is 13.0 Å². The summed E-state index contributed by atoms with van der Waals surface area (Å²) in [7, 11) is 0. The van der Waals surface area contributed by atoms with Crippen LogP contribution in [0.5, 0.6) is 5.75 Å². The fourth-order valence-corrected chi connectivity index (χ4v) is 1.53. The van der Waals surface area contributed by atoms with Crippen LogP contribution in [0.2, 0.25) is 0 Å². The van der Waals surface area contributed by atoms with Gasteiger partial charge in [-0.2, -0.15) is 0 Å². The van der Waals surface area contributed by atoms with E-state index >= 15 is 0 Å². The van der Waals surface area contributed by atoms with E-state index in [0.717, 1.165) is 24.8 Å². The van der Waals surface area contributed by atoms with Crippen molar-refractivity contribution in [1.29, 1.82) is 0 Å². The zero-order chi connectivity index (χ0) is 11.3. The molecule has 0 aliphatic heterocycles. The maximum atomic E-state index is 9.35. The van der Waals surface area contributed by atoms with Crippen LogP contribution < -0.4 is 5.73 Å². The van der Waals surface area contributed by atoms with Gasteiger partial charge in [0.25, 0.3) is 0 Å². The molecule has 0 fully saturated rings. The highest BCUT2D eigenvalue weighted by Gasteiger charge is 2.01. The van der Waals surface area contributed by atoms with Gasteiger partial charge in [-0.3, -0.25) is 0 Å². The molecule has 1 aromatic carbocycles. The van der Waals surface area contributed by atoms with E-state index in [1.807, 2.05) is 6.07 Å². The molecule has 82 valence electrons. The first-order valence-corrected chi connectivity index (χ1v) is 5.24. The number of hydrogen-bond acceptors (Lipinski definition) is 3. The minimum Gasteiger partial charge on any atom is -0.508 e. The highest BCUT2D eigenvalue weighted by Crippen LogP contribution is 2.19. The lowest BCUT2D eigenvalue weighted by atomic mass is 10.0. The number of aliphatic hydroxyl groups excluding tert-OH is 1. The van der Waals surface area contributed by atoms with Crippen molar-refractivity contribution in [3.8, 4) is 5.75 Å². The zero-order valence-electron chi connectivity index (χ0n) is 8.44. The molecule has 15 heavy (non-hydrogen) atoms. The summed E-state index contributed by atoms with van der Waals surface area (Å²) in [5.41, 5.74) is 7.02. The predicted octanol–water partition coefficient (Wildman–Crippen LogP) is 1.49. The lowest BCUT2D eigenvalue weighted by molar-refractivity contribution is 0.275. The van der Waals surface area contributed by atoms with Gasteiger partial charge in [-0.05, 0) is 37.0 Å². The Morgan fingerprint density at radius 1 is 1.40 bits per heavy atom. The normalized spacial score (nSPS) is 10.2. The van der Waals surface area contributed by atoms with E-state index in [1.54, 1.807) is 12.1 Å². The standard InChI is InChI=1S/C11H15NO2S/c12-11(15)3-1-2-8-4-5-10(14)9(6-8)7-13/h4-6,13-14H,1-3,7H2,(H2,12,15). The number of phenols is 1. The van der Waals surface area contributed by atoms with Crippen LogP contribution in [0.4, 0.5) is 0 Å². The molecule has 4 heteroatoms. The summed E-state index contributed by atoms with van der Waals surface area (Å²) in [6.07, 6.45) is 2.47. The van der Waals surface area contributed by atoms with Gasteiger partial charge >= 0.3 is 0 Å². The molecule has 0 atom stereocenters. The van der Waals surface area contributed by atoms with E-state index in [4.69, 9.17) is 23.1 Å².